The van der Waals surface area contributed by atoms with Crippen molar-refractivity contribution in [2.24, 2.45) is 0 Å². The zero-order valence-corrected chi connectivity index (χ0v) is 10.5. The Morgan fingerprint density at radius 3 is 2.89 bits per heavy atom. The van der Waals surface area contributed by atoms with E-state index in [9.17, 15) is 4.79 Å². The second-order valence-electron chi connectivity index (χ2n) is 3.67. The van der Waals surface area contributed by atoms with Gasteiger partial charge in [-0.3, -0.25) is 4.79 Å². The molecule has 18 heavy (non-hydrogen) atoms. The van der Waals surface area contributed by atoms with Gasteiger partial charge in [0.15, 0.2) is 0 Å². The number of terminal acetylenes is 1. The first kappa shape index (κ1) is 12.3. The number of amides is 1. The molecule has 0 aliphatic heterocycles. The van der Waals surface area contributed by atoms with Crippen LogP contribution in [0.5, 0.6) is 0 Å². The molecule has 0 atom stereocenters. The third-order valence-corrected chi connectivity index (χ3v) is 3.24. The highest BCUT2D eigenvalue weighted by atomic mass is 32.1. The largest absolute Gasteiger partial charge is 0.345 e. The van der Waals surface area contributed by atoms with E-state index in [0.29, 0.717) is 0 Å². The van der Waals surface area contributed by atoms with Crippen LogP contribution in [0, 0.1) is 12.3 Å². The SMILES string of the molecule is C#CCNC(=O)Cc1csc(-c2ccccc2)n1. The van der Waals surface area contributed by atoms with Gasteiger partial charge in [-0.2, -0.15) is 0 Å². The highest BCUT2D eigenvalue weighted by molar-refractivity contribution is 7.13. The van der Waals surface area contributed by atoms with Crippen LogP contribution in [0.25, 0.3) is 10.6 Å². The second kappa shape index (κ2) is 5.99. The van der Waals surface area contributed by atoms with Gasteiger partial charge in [-0.1, -0.05) is 36.3 Å². The molecule has 0 spiro atoms. The summed E-state index contributed by atoms with van der Waals surface area (Å²) in [5.74, 6) is 2.27. The van der Waals surface area contributed by atoms with E-state index >= 15 is 0 Å². The minimum Gasteiger partial charge on any atom is -0.345 e. The van der Waals surface area contributed by atoms with Gasteiger partial charge in [-0.05, 0) is 0 Å². The third-order valence-electron chi connectivity index (χ3n) is 2.30. The molecule has 3 nitrogen and oxygen atoms in total. The van der Waals surface area contributed by atoms with Gasteiger partial charge in [0.1, 0.15) is 5.01 Å². The molecule has 0 aliphatic carbocycles. The summed E-state index contributed by atoms with van der Waals surface area (Å²) in [6, 6.07) is 9.90. The third kappa shape index (κ3) is 3.19. The fourth-order valence-electron chi connectivity index (χ4n) is 1.48. The molecule has 0 radical (unpaired) electrons. The van der Waals surface area contributed by atoms with Gasteiger partial charge in [0.2, 0.25) is 5.91 Å². The lowest BCUT2D eigenvalue weighted by Crippen LogP contribution is -2.25. The number of hydrogen-bond acceptors (Lipinski definition) is 3. The van der Waals surface area contributed by atoms with E-state index in [1.165, 1.54) is 11.3 Å². The Hall–Kier alpha value is -2.12. The molecule has 0 saturated heterocycles. The first-order chi connectivity index (χ1) is 8.79. The number of hydrogen-bond donors (Lipinski definition) is 1. The molecule has 0 aliphatic rings. The normalized spacial score (nSPS) is 9.72. The van der Waals surface area contributed by atoms with E-state index in [2.05, 4.69) is 16.2 Å². The fraction of sp³-hybridized carbons (Fsp3) is 0.143. The number of nitrogens with one attached hydrogen (secondary N) is 1. The van der Waals surface area contributed by atoms with Crippen LogP contribution in [0.2, 0.25) is 0 Å². The van der Waals surface area contributed by atoms with Crippen molar-refractivity contribution >= 4 is 17.2 Å². The molecule has 0 saturated carbocycles. The molecular weight excluding hydrogens is 244 g/mol. The van der Waals surface area contributed by atoms with E-state index in [0.717, 1.165) is 16.3 Å². The maximum Gasteiger partial charge on any atom is 0.226 e. The Kier molecular flexibility index (Phi) is 4.11. The van der Waals surface area contributed by atoms with Gasteiger partial charge < -0.3 is 5.32 Å². The second-order valence-corrected chi connectivity index (χ2v) is 4.53. The number of benzene rings is 1. The van der Waals surface area contributed by atoms with Crippen molar-refractivity contribution in [1.29, 1.82) is 0 Å². The Balaban J connectivity index is 2.03. The summed E-state index contributed by atoms with van der Waals surface area (Å²) >= 11 is 1.54. The molecule has 1 aromatic carbocycles. The zero-order valence-electron chi connectivity index (χ0n) is 9.72. The van der Waals surface area contributed by atoms with Crippen LogP contribution in [-0.4, -0.2) is 17.4 Å². The summed E-state index contributed by atoms with van der Waals surface area (Å²) in [5, 5.41) is 5.45. The molecule has 4 heteroatoms. The summed E-state index contributed by atoms with van der Waals surface area (Å²) in [6.45, 7) is 0.258. The Morgan fingerprint density at radius 1 is 1.39 bits per heavy atom. The maximum atomic E-state index is 11.5. The number of aromatic nitrogens is 1. The van der Waals surface area contributed by atoms with E-state index in [4.69, 9.17) is 6.42 Å². The van der Waals surface area contributed by atoms with Gasteiger partial charge in [0, 0.05) is 10.9 Å². The summed E-state index contributed by atoms with van der Waals surface area (Å²) < 4.78 is 0. The van der Waals surface area contributed by atoms with Crippen LogP contribution in [0.15, 0.2) is 35.7 Å². The summed E-state index contributed by atoms with van der Waals surface area (Å²) in [7, 11) is 0. The lowest BCUT2D eigenvalue weighted by Gasteiger charge is -1.98. The average Bonchev–Trinajstić information content (AvgIpc) is 2.86. The van der Waals surface area contributed by atoms with Gasteiger partial charge >= 0.3 is 0 Å². The number of rotatable bonds is 4. The predicted octanol–water partition coefficient (Wildman–Crippen LogP) is 2.10. The van der Waals surface area contributed by atoms with Crippen molar-refractivity contribution in [3.8, 4) is 22.9 Å². The number of nitrogens with zero attached hydrogens (tertiary/aromatic N) is 1. The van der Waals surface area contributed by atoms with Crippen molar-refractivity contribution in [3.05, 3.63) is 41.4 Å². The Bertz CT molecular complexity index is 569. The standard InChI is InChI=1S/C14H12N2OS/c1-2-8-15-13(17)9-12-10-18-14(16-12)11-6-4-3-5-7-11/h1,3-7,10H,8-9H2,(H,15,17). The van der Waals surface area contributed by atoms with Crippen molar-refractivity contribution < 1.29 is 4.79 Å². The fourth-order valence-corrected chi connectivity index (χ4v) is 2.30. The van der Waals surface area contributed by atoms with Crippen LogP contribution in [-0.2, 0) is 11.2 Å². The highest BCUT2D eigenvalue weighted by Gasteiger charge is 2.08. The van der Waals surface area contributed by atoms with Gasteiger partial charge in [-0.15, -0.1) is 17.8 Å². The van der Waals surface area contributed by atoms with Crippen LogP contribution in [0.1, 0.15) is 5.69 Å². The van der Waals surface area contributed by atoms with Crippen molar-refractivity contribution in [2.45, 2.75) is 6.42 Å². The minimum atomic E-state index is -0.0992. The summed E-state index contributed by atoms with van der Waals surface area (Å²) in [4.78, 5) is 15.9. The molecule has 90 valence electrons. The van der Waals surface area contributed by atoms with Gasteiger partial charge in [-0.25, -0.2) is 4.98 Å². The van der Waals surface area contributed by atoms with Crippen LogP contribution < -0.4 is 5.32 Å². The monoisotopic (exact) mass is 256 g/mol. The van der Waals surface area contributed by atoms with Crippen molar-refractivity contribution in [2.75, 3.05) is 6.54 Å². The Labute approximate surface area is 110 Å². The molecule has 1 N–H and O–H groups in total. The van der Waals surface area contributed by atoms with E-state index in [1.54, 1.807) is 0 Å². The first-order valence-corrected chi connectivity index (χ1v) is 6.37. The number of carbonyl (C=O) groups excluding carboxylic acids is 1. The van der Waals surface area contributed by atoms with E-state index < -0.39 is 0 Å². The topological polar surface area (TPSA) is 42.0 Å². The molecule has 1 aromatic heterocycles. The number of thiazole rings is 1. The van der Waals surface area contributed by atoms with E-state index in [-0.39, 0.29) is 18.9 Å². The average molecular weight is 256 g/mol. The number of carbonyl (C=O) groups is 1. The van der Waals surface area contributed by atoms with Crippen LogP contribution in [0.3, 0.4) is 0 Å². The van der Waals surface area contributed by atoms with Gasteiger partial charge in [0.05, 0.1) is 18.7 Å². The van der Waals surface area contributed by atoms with Crippen LogP contribution in [0.4, 0.5) is 0 Å². The molecule has 1 amide bonds. The summed E-state index contributed by atoms with van der Waals surface area (Å²) in [5.41, 5.74) is 1.84. The molecule has 0 bridgehead atoms. The molecule has 2 rings (SSSR count). The predicted molar refractivity (Wildman–Crippen MR) is 73.1 cm³/mol. The van der Waals surface area contributed by atoms with Gasteiger partial charge in [0.25, 0.3) is 0 Å². The first-order valence-electron chi connectivity index (χ1n) is 5.49. The van der Waals surface area contributed by atoms with Crippen molar-refractivity contribution in [1.82, 2.24) is 10.3 Å². The zero-order chi connectivity index (χ0) is 12.8. The van der Waals surface area contributed by atoms with Crippen molar-refractivity contribution in [3.63, 3.8) is 0 Å². The maximum absolute atomic E-state index is 11.5. The molecule has 0 fully saturated rings. The van der Waals surface area contributed by atoms with Crippen LogP contribution >= 0.6 is 11.3 Å². The lowest BCUT2D eigenvalue weighted by atomic mass is 10.2. The molecular formula is C14H12N2OS. The minimum absolute atomic E-state index is 0.0992. The smallest absolute Gasteiger partial charge is 0.226 e. The van der Waals surface area contributed by atoms with E-state index in [1.807, 2.05) is 35.7 Å². The molecule has 2 aromatic rings. The summed E-state index contributed by atoms with van der Waals surface area (Å²) in [6.07, 6.45) is 5.34. The highest BCUT2D eigenvalue weighted by Crippen LogP contribution is 2.23. The molecule has 1 heterocycles. The molecule has 0 unspecified atom stereocenters. The quantitative estimate of drug-likeness (QED) is 0.851. The Morgan fingerprint density at radius 2 is 2.17 bits per heavy atom. The lowest BCUT2D eigenvalue weighted by molar-refractivity contribution is -0.120.